The standard InChI is InChI=1S/C13H25N3O/c1-5-14-12(8-7-11(3)17-4)13-15-9-10-16(13)6-2/h9-12,14H,5-8H2,1-4H3. The van der Waals surface area contributed by atoms with Crippen LogP contribution in [-0.4, -0.2) is 29.3 Å². The molecule has 0 spiro atoms. The molecule has 1 heterocycles. The van der Waals surface area contributed by atoms with Crippen LogP contribution in [0.2, 0.25) is 0 Å². The fraction of sp³-hybridized carbons (Fsp3) is 0.769. The predicted molar refractivity (Wildman–Crippen MR) is 70.0 cm³/mol. The highest BCUT2D eigenvalue weighted by molar-refractivity contribution is 4.99. The van der Waals surface area contributed by atoms with Gasteiger partial charge in [-0.3, -0.25) is 0 Å². The maximum atomic E-state index is 5.30. The van der Waals surface area contributed by atoms with Crippen LogP contribution in [0.5, 0.6) is 0 Å². The summed E-state index contributed by atoms with van der Waals surface area (Å²) in [6.07, 6.45) is 6.33. The summed E-state index contributed by atoms with van der Waals surface area (Å²) in [6.45, 7) is 8.31. The number of imidazole rings is 1. The lowest BCUT2D eigenvalue weighted by Gasteiger charge is -2.20. The zero-order chi connectivity index (χ0) is 12.7. The van der Waals surface area contributed by atoms with Crippen molar-refractivity contribution in [3.8, 4) is 0 Å². The second-order valence-corrected chi connectivity index (χ2v) is 4.31. The molecule has 0 aromatic carbocycles. The smallest absolute Gasteiger partial charge is 0.125 e. The van der Waals surface area contributed by atoms with Gasteiger partial charge in [-0.05, 0) is 33.2 Å². The number of rotatable bonds is 8. The zero-order valence-electron chi connectivity index (χ0n) is 11.4. The molecule has 0 bridgehead atoms. The Labute approximate surface area is 104 Å². The Bertz CT molecular complexity index is 311. The topological polar surface area (TPSA) is 39.1 Å². The van der Waals surface area contributed by atoms with Gasteiger partial charge in [-0.2, -0.15) is 0 Å². The van der Waals surface area contributed by atoms with Crippen molar-refractivity contribution in [2.24, 2.45) is 0 Å². The molecule has 0 aliphatic carbocycles. The number of methoxy groups -OCH3 is 1. The van der Waals surface area contributed by atoms with Gasteiger partial charge in [-0.1, -0.05) is 6.92 Å². The SMILES string of the molecule is CCNC(CCC(C)OC)c1nccn1CC. The van der Waals surface area contributed by atoms with Crippen molar-refractivity contribution in [3.05, 3.63) is 18.2 Å². The number of ether oxygens (including phenoxy) is 1. The van der Waals surface area contributed by atoms with E-state index < -0.39 is 0 Å². The number of hydrogen-bond donors (Lipinski definition) is 1. The van der Waals surface area contributed by atoms with E-state index in [0.29, 0.717) is 12.1 Å². The van der Waals surface area contributed by atoms with Crippen molar-refractivity contribution >= 4 is 0 Å². The van der Waals surface area contributed by atoms with E-state index in [1.165, 1.54) is 0 Å². The number of aryl methyl sites for hydroxylation is 1. The third kappa shape index (κ3) is 4.13. The van der Waals surface area contributed by atoms with Crippen LogP contribution < -0.4 is 5.32 Å². The van der Waals surface area contributed by atoms with Crippen LogP contribution in [0.15, 0.2) is 12.4 Å². The zero-order valence-corrected chi connectivity index (χ0v) is 11.4. The Balaban J connectivity index is 2.64. The van der Waals surface area contributed by atoms with E-state index in [0.717, 1.165) is 31.8 Å². The summed E-state index contributed by atoms with van der Waals surface area (Å²) in [7, 11) is 1.76. The largest absolute Gasteiger partial charge is 0.382 e. The summed E-state index contributed by atoms with van der Waals surface area (Å²) in [6, 6.07) is 0.326. The summed E-state index contributed by atoms with van der Waals surface area (Å²) in [5.74, 6) is 1.14. The van der Waals surface area contributed by atoms with Gasteiger partial charge in [0.05, 0.1) is 12.1 Å². The van der Waals surface area contributed by atoms with Crippen molar-refractivity contribution < 1.29 is 4.74 Å². The third-order valence-electron chi connectivity index (χ3n) is 3.11. The van der Waals surface area contributed by atoms with Gasteiger partial charge >= 0.3 is 0 Å². The summed E-state index contributed by atoms with van der Waals surface area (Å²) in [5, 5.41) is 3.50. The van der Waals surface area contributed by atoms with Gasteiger partial charge in [0, 0.05) is 26.0 Å². The monoisotopic (exact) mass is 239 g/mol. The Kier molecular flexibility index (Phi) is 6.22. The second-order valence-electron chi connectivity index (χ2n) is 4.31. The first-order valence-corrected chi connectivity index (χ1v) is 6.50. The molecule has 2 atom stereocenters. The van der Waals surface area contributed by atoms with Crippen LogP contribution in [0.1, 0.15) is 45.5 Å². The molecule has 0 saturated carbocycles. The van der Waals surface area contributed by atoms with Crippen LogP contribution in [0.25, 0.3) is 0 Å². The molecule has 0 amide bonds. The lowest BCUT2D eigenvalue weighted by molar-refractivity contribution is 0.105. The molecule has 98 valence electrons. The molecule has 1 N–H and O–H groups in total. The first-order valence-electron chi connectivity index (χ1n) is 6.50. The predicted octanol–water partition coefficient (Wildman–Crippen LogP) is 2.37. The average Bonchev–Trinajstić information content (AvgIpc) is 2.82. The highest BCUT2D eigenvalue weighted by Gasteiger charge is 2.16. The Morgan fingerprint density at radius 1 is 1.41 bits per heavy atom. The minimum atomic E-state index is 0.307. The molecule has 2 unspecified atom stereocenters. The second kappa shape index (κ2) is 7.45. The van der Waals surface area contributed by atoms with E-state index >= 15 is 0 Å². The van der Waals surface area contributed by atoms with Gasteiger partial charge in [0.25, 0.3) is 0 Å². The summed E-state index contributed by atoms with van der Waals surface area (Å²) >= 11 is 0. The van der Waals surface area contributed by atoms with Crippen LogP contribution in [0, 0.1) is 0 Å². The fourth-order valence-corrected chi connectivity index (χ4v) is 1.99. The molecule has 1 rings (SSSR count). The number of nitrogens with one attached hydrogen (secondary N) is 1. The molecule has 4 heteroatoms. The van der Waals surface area contributed by atoms with Crippen LogP contribution in [0.3, 0.4) is 0 Å². The van der Waals surface area contributed by atoms with E-state index in [-0.39, 0.29) is 0 Å². The Hall–Kier alpha value is -0.870. The number of aromatic nitrogens is 2. The van der Waals surface area contributed by atoms with E-state index in [1.54, 1.807) is 7.11 Å². The summed E-state index contributed by atoms with van der Waals surface area (Å²) in [4.78, 5) is 4.47. The molecule has 0 radical (unpaired) electrons. The first-order chi connectivity index (χ1) is 8.22. The summed E-state index contributed by atoms with van der Waals surface area (Å²) in [5.41, 5.74) is 0. The van der Waals surface area contributed by atoms with Crippen molar-refractivity contribution in [3.63, 3.8) is 0 Å². The number of hydrogen-bond acceptors (Lipinski definition) is 3. The highest BCUT2D eigenvalue weighted by Crippen LogP contribution is 2.18. The lowest BCUT2D eigenvalue weighted by atomic mass is 10.1. The fourth-order valence-electron chi connectivity index (χ4n) is 1.99. The van der Waals surface area contributed by atoms with Crippen molar-refractivity contribution in [1.82, 2.24) is 14.9 Å². The van der Waals surface area contributed by atoms with Crippen LogP contribution >= 0.6 is 0 Å². The first kappa shape index (κ1) is 14.2. The Morgan fingerprint density at radius 3 is 2.76 bits per heavy atom. The molecule has 1 aromatic heterocycles. The van der Waals surface area contributed by atoms with Gasteiger partial charge in [0.15, 0.2) is 0 Å². The van der Waals surface area contributed by atoms with E-state index in [2.05, 4.69) is 35.6 Å². The molecule has 4 nitrogen and oxygen atoms in total. The molecule has 0 saturated heterocycles. The average molecular weight is 239 g/mol. The molecule has 0 aliphatic heterocycles. The van der Waals surface area contributed by atoms with Gasteiger partial charge in [-0.15, -0.1) is 0 Å². The minimum absolute atomic E-state index is 0.307. The minimum Gasteiger partial charge on any atom is -0.382 e. The quantitative estimate of drug-likeness (QED) is 0.757. The molecule has 17 heavy (non-hydrogen) atoms. The molecule has 0 aliphatic rings. The van der Waals surface area contributed by atoms with Crippen molar-refractivity contribution in [2.75, 3.05) is 13.7 Å². The van der Waals surface area contributed by atoms with Crippen LogP contribution in [-0.2, 0) is 11.3 Å². The van der Waals surface area contributed by atoms with Gasteiger partial charge in [-0.25, -0.2) is 4.98 Å². The maximum absolute atomic E-state index is 5.30. The van der Waals surface area contributed by atoms with Gasteiger partial charge in [0.2, 0.25) is 0 Å². The molecular weight excluding hydrogens is 214 g/mol. The summed E-state index contributed by atoms with van der Waals surface area (Å²) < 4.78 is 7.50. The molecule has 1 aromatic rings. The normalized spacial score (nSPS) is 14.8. The van der Waals surface area contributed by atoms with Crippen LogP contribution in [0.4, 0.5) is 0 Å². The van der Waals surface area contributed by atoms with Crippen molar-refractivity contribution in [2.45, 2.75) is 52.3 Å². The maximum Gasteiger partial charge on any atom is 0.125 e. The highest BCUT2D eigenvalue weighted by atomic mass is 16.5. The third-order valence-corrected chi connectivity index (χ3v) is 3.11. The Morgan fingerprint density at radius 2 is 2.18 bits per heavy atom. The van der Waals surface area contributed by atoms with Gasteiger partial charge < -0.3 is 14.6 Å². The van der Waals surface area contributed by atoms with E-state index in [9.17, 15) is 0 Å². The lowest BCUT2D eigenvalue weighted by Crippen LogP contribution is -2.25. The van der Waals surface area contributed by atoms with E-state index in [1.807, 2.05) is 12.4 Å². The van der Waals surface area contributed by atoms with E-state index in [4.69, 9.17) is 4.74 Å². The molecular formula is C13H25N3O. The number of nitrogens with zero attached hydrogens (tertiary/aromatic N) is 2. The van der Waals surface area contributed by atoms with Crippen molar-refractivity contribution in [1.29, 1.82) is 0 Å². The molecule has 0 fully saturated rings. The van der Waals surface area contributed by atoms with Gasteiger partial charge in [0.1, 0.15) is 5.82 Å².